The predicted octanol–water partition coefficient (Wildman–Crippen LogP) is 3.09. The summed E-state index contributed by atoms with van der Waals surface area (Å²) in [6.07, 6.45) is 4.59. The summed E-state index contributed by atoms with van der Waals surface area (Å²) in [6, 6.07) is 1.29. The molecule has 31 heavy (non-hydrogen) atoms. The van der Waals surface area contributed by atoms with Crippen LogP contribution in [0.25, 0.3) is 11.2 Å². The average molecular weight is 436 g/mol. The highest BCUT2D eigenvalue weighted by atomic mass is 19.1. The zero-order chi connectivity index (χ0) is 22.0. The van der Waals surface area contributed by atoms with Crippen molar-refractivity contribution < 1.29 is 23.4 Å². The quantitative estimate of drug-likeness (QED) is 0.451. The van der Waals surface area contributed by atoms with E-state index in [1.807, 2.05) is 0 Å². The highest BCUT2D eigenvalue weighted by Gasteiger charge is 2.21. The Morgan fingerprint density at radius 3 is 2.45 bits per heavy atom. The van der Waals surface area contributed by atoms with Gasteiger partial charge in [0.15, 0.2) is 17.3 Å². The van der Waals surface area contributed by atoms with Crippen LogP contribution in [0.4, 0.5) is 30.8 Å². The lowest BCUT2D eigenvalue weighted by Crippen LogP contribution is -2.28. The number of imidazole rings is 1. The molecule has 11 heteroatoms. The summed E-state index contributed by atoms with van der Waals surface area (Å²) in [5.41, 5.74) is 0.286. The van der Waals surface area contributed by atoms with Crippen LogP contribution in [0.2, 0.25) is 0 Å². The lowest BCUT2D eigenvalue weighted by Gasteiger charge is -2.26. The van der Waals surface area contributed by atoms with E-state index < -0.39 is 23.1 Å². The van der Waals surface area contributed by atoms with Gasteiger partial charge in [0.05, 0.1) is 12.3 Å². The Labute approximate surface area is 176 Å². The van der Waals surface area contributed by atoms with Crippen LogP contribution in [0, 0.1) is 17.5 Å². The first-order chi connectivity index (χ1) is 14.9. The Morgan fingerprint density at radius 1 is 1.06 bits per heavy atom. The summed E-state index contributed by atoms with van der Waals surface area (Å²) in [5.74, 6) is -2.73. The summed E-state index contributed by atoms with van der Waals surface area (Å²) in [5, 5.41) is 24.7. The van der Waals surface area contributed by atoms with Gasteiger partial charge in [0.1, 0.15) is 17.0 Å². The SMILES string of the molecule is OCCCn1c(Nc2c(F)cc(F)cc2F)nc2cnc(NC3CCC(O)CC3)nc21. The second kappa shape index (κ2) is 9.06. The van der Waals surface area contributed by atoms with Crippen molar-refractivity contribution in [1.29, 1.82) is 0 Å². The van der Waals surface area contributed by atoms with Gasteiger partial charge in [-0.1, -0.05) is 0 Å². The maximum absolute atomic E-state index is 14.1. The number of aryl methyl sites for hydroxylation is 1. The third kappa shape index (κ3) is 4.72. The van der Waals surface area contributed by atoms with E-state index in [1.165, 1.54) is 6.20 Å². The molecule has 0 atom stereocenters. The Morgan fingerprint density at radius 2 is 1.77 bits per heavy atom. The molecular formula is C20H23F3N6O2. The fraction of sp³-hybridized carbons (Fsp3) is 0.450. The van der Waals surface area contributed by atoms with Crippen molar-refractivity contribution in [2.24, 2.45) is 0 Å². The summed E-state index contributed by atoms with van der Waals surface area (Å²) in [4.78, 5) is 13.1. The van der Waals surface area contributed by atoms with E-state index >= 15 is 0 Å². The minimum absolute atomic E-state index is 0.0973. The molecule has 1 saturated carbocycles. The van der Waals surface area contributed by atoms with E-state index in [0.717, 1.165) is 12.8 Å². The number of anilines is 3. The van der Waals surface area contributed by atoms with Crippen LogP contribution in [0.5, 0.6) is 0 Å². The first kappa shape index (κ1) is 21.3. The molecule has 0 bridgehead atoms. The number of aromatic nitrogens is 4. The van der Waals surface area contributed by atoms with E-state index in [0.29, 0.717) is 48.5 Å². The molecule has 1 aromatic carbocycles. The van der Waals surface area contributed by atoms with Crippen molar-refractivity contribution in [3.05, 3.63) is 35.8 Å². The number of nitrogens with one attached hydrogen (secondary N) is 2. The number of fused-ring (bicyclic) bond motifs is 1. The molecule has 0 saturated heterocycles. The van der Waals surface area contributed by atoms with Crippen LogP contribution >= 0.6 is 0 Å². The molecule has 2 heterocycles. The van der Waals surface area contributed by atoms with E-state index in [9.17, 15) is 23.4 Å². The van der Waals surface area contributed by atoms with Crippen LogP contribution < -0.4 is 10.6 Å². The minimum Gasteiger partial charge on any atom is -0.396 e. The summed E-state index contributed by atoms with van der Waals surface area (Å²) in [7, 11) is 0. The fourth-order valence-electron chi connectivity index (χ4n) is 3.70. The van der Waals surface area contributed by atoms with Crippen molar-refractivity contribution in [2.75, 3.05) is 17.2 Å². The highest BCUT2D eigenvalue weighted by Crippen LogP contribution is 2.27. The number of benzene rings is 1. The number of aliphatic hydroxyl groups is 2. The third-order valence-electron chi connectivity index (χ3n) is 5.30. The minimum atomic E-state index is -1.09. The first-order valence-electron chi connectivity index (χ1n) is 10.1. The maximum Gasteiger partial charge on any atom is 0.224 e. The van der Waals surface area contributed by atoms with Crippen LogP contribution in [0.1, 0.15) is 32.1 Å². The summed E-state index contributed by atoms with van der Waals surface area (Å²) < 4.78 is 43.0. The van der Waals surface area contributed by atoms with Crippen molar-refractivity contribution in [3.8, 4) is 0 Å². The monoisotopic (exact) mass is 436 g/mol. The molecule has 166 valence electrons. The normalized spacial score (nSPS) is 19.0. The lowest BCUT2D eigenvalue weighted by molar-refractivity contribution is 0.126. The molecule has 0 spiro atoms. The molecule has 4 N–H and O–H groups in total. The van der Waals surface area contributed by atoms with Crippen molar-refractivity contribution >= 4 is 28.7 Å². The van der Waals surface area contributed by atoms with Gasteiger partial charge in [-0.2, -0.15) is 4.98 Å². The van der Waals surface area contributed by atoms with Crippen molar-refractivity contribution in [3.63, 3.8) is 0 Å². The molecule has 1 aliphatic rings. The van der Waals surface area contributed by atoms with Crippen molar-refractivity contribution in [2.45, 2.75) is 50.8 Å². The van der Waals surface area contributed by atoms with Gasteiger partial charge >= 0.3 is 0 Å². The Bertz CT molecular complexity index is 1050. The van der Waals surface area contributed by atoms with E-state index in [-0.39, 0.29) is 31.2 Å². The molecule has 0 radical (unpaired) electrons. The fourth-order valence-corrected chi connectivity index (χ4v) is 3.70. The van der Waals surface area contributed by atoms with E-state index in [2.05, 4.69) is 25.6 Å². The largest absolute Gasteiger partial charge is 0.396 e. The van der Waals surface area contributed by atoms with Gasteiger partial charge in [-0.05, 0) is 32.1 Å². The van der Waals surface area contributed by atoms with Crippen LogP contribution in [0.15, 0.2) is 18.3 Å². The zero-order valence-corrected chi connectivity index (χ0v) is 16.7. The predicted molar refractivity (Wildman–Crippen MR) is 109 cm³/mol. The molecule has 8 nitrogen and oxygen atoms in total. The van der Waals surface area contributed by atoms with Crippen molar-refractivity contribution in [1.82, 2.24) is 19.5 Å². The topological polar surface area (TPSA) is 108 Å². The summed E-state index contributed by atoms with van der Waals surface area (Å²) >= 11 is 0. The van der Waals surface area contributed by atoms with Crippen LogP contribution in [-0.4, -0.2) is 48.5 Å². The van der Waals surface area contributed by atoms with E-state index in [1.54, 1.807) is 4.57 Å². The lowest BCUT2D eigenvalue weighted by atomic mass is 9.93. The Kier molecular flexibility index (Phi) is 6.23. The Balaban J connectivity index is 1.65. The molecule has 2 aromatic heterocycles. The number of aliphatic hydroxyl groups excluding tert-OH is 2. The molecule has 0 aliphatic heterocycles. The smallest absolute Gasteiger partial charge is 0.224 e. The van der Waals surface area contributed by atoms with Gasteiger partial charge in [0.2, 0.25) is 11.9 Å². The molecule has 1 aliphatic carbocycles. The second-order valence-electron chi connectivity index (χ2n) is 7.59. The van der Waals surface area contributed by atoms with Gasteiger partial charge in [-0.25, -0.2) is 23.1 Å². The standard InChI is InChI=1S/C20H23F3N6O2/c21-11-8-14(22)17(15(23)9-11)27-20-26-16-10-24-19(25-12-2-4-13(31)5-3-12)28-18(16)29(20)6-1-7-30/h8-10,12-13,30-31H,1-7H2,(H,26,27)(H,24,25,28). The highest BCUT2D eigenvalue weighted by molar-refractivity contribution is 5.76. The maximum atomic E-state index is 14.1. The molecule has 1 fully saturated rings. The van der Waals surface area contributed by atoms with Gasteiger partial charge in [-0.15, -0.1) is 0 Å². The summed E-state index contributed by atoms with van der Waals surface area (Å²) in [6.45, 7) is 0.185. The van der Waals surface area contributed by atoms with Gasteiger partial charge in [0, 0.05) is 31.3 Å². The molecule has 3 aromatic rings. The van der Waals surface area contributed by atoms with Gasteiger partial charge < -0.3 is 20.8 Å². The molecule has 4 rings (SSSR count). The van der Waals surface area contributed by atoms with Gasteiger partial charge in [0.25, 0.3) is 0 Å². The number of hydrogen-bond acceptors (Lipinski definition) is 7. The number of rotatable bonds is 7. The zero-order valence-electron chi connectivity index (χ0n) is 16.7. The Hall–Kier alpha value is -2.92. The first-order valence-corrected chi connectivity index (χ1v) is 10.1. The van der Waals surface area contributed by atoms with E-state index in [4.69, 9.17) is 0 Å². The third-order valence-corrected chi connectivity index (χ3v) is 5.30. The molecule has 0 amide bonds. The number of halogens is 3. The number of hydrogen-bond donors (Lipinski definition) is 4. The second-order valence-corrected chi connectivity index (χ2v) is 7.59. The van der Waals surface area contributed by atoms with Crippen LogP contribution in [-0.2, 0) is 6.54 Å². The van der Waals surface area contributed by atoms with Crippen LogP contribution in [0.3, 0.4) is 0 Å². The molecular weight excluding hydrogens is 413 g/mol. The molecule has 0 unspecified atom stereocenters. The number of nitrogens with zero attached hydrogens (tertiary/aromatic N) is 4. The van der Waals surface area contributed by atoms with Gasteiger partial charge in [-0.3, -0.25) is 4.57 Å². The average Bonchev–Trinajstić information content (AvgIpc) is 3.07.